The Hall–Kier alpha value is -1.51. The average Bonchev–Trinajstić information content (AvgIpc) is 2.46. The Morgan fingerprint density at radius 2 is 1.85 bits per heavy atom. The second-order valence-electron chi connectivity index (χ2n) is 7.45. The van der Waals surface area contributed by atoms with Crippen LogP contribution in [0.4, 0.5) is 10.5 Å². The SMILES string of the molecule is CC(C)CCN=C(N)NCCc1ccc(NC(=O)OC(C)(C)C)cc1.I. The number of amides is 1. The molecule has 0 saturated heterocycles. The topological polar surface area (TPSA) is 88.7 Å². The molecule has 7 heteroatoms. The fourth-order valence-corrected chi connectivity index (χ4v) is 2.01. The lowest BCUT2D eigenvalue weighted by Crippen LogP contribution is -2.33. The van der Waals surface area contributed by atoms with Crippen LogP contribution >= 0.6 is 24.0 Å². The van der Waals surface area contributed by atoms with E-state index in [-0.39, 0.29) is 24.0 Å². The Morgan fingerprint density at radius 1 is 1.23 bits per heavy atom. The number of nitrogens with one attached hydrogen (secondary N) is 2. The minimum absolute atomic E-state index is 0. The fourth-order valence-electron chi connectivity index (χ4n) is 2.01. The van der Waals surface area contributed by atoms with Crippen LogP contribution in [0.1, 0.15) is 46.6 Å². The molecule has 0 unspecified atom stereocenters. The van der Waals surface area contributed by atoms with Crippen LogP contribution in [0, 0.1) is 5.92 Å². The fraction of sp³-hybridized carbons (Fsp3) is 0.579. The number of anilines is 1. The van der Waals surface area contributed by atoms with E-state index >= 15 is 0 Å². The number of hydrogen-bond acceptors (Lipinski definition) is 3. The van der Waals surface area contributed by atoms with E-state index in [1.54, 1.807) is 0 Å². The van der Waals surface area contributed by atoms with Crippen LogP contribution in [0.5, 0.6) is 0 Å². The lowest BCUT2D eigenvalue weighted by atomic mass is 10.1. The smallest absolute Gasteiger partial charge is 0.412 e. The van der Waals surface area contributed by atoms with Crippen LogP contribution in [-0.2, 0) is 11.2 Å². The zero-order valence-electron chi connectivity index (χ0n) is 16.5. The van der Waals surface area contributed by atoms with E-state index in [4.69, 9.17) is 10.5 Å². The van der Waals surface area contributed by atoms with Gasteiger partial charge >= 0.3 is 6.09 Å². The molecule has 0 radical (unpaired) electrons. The number of benzene rings is 1. The molecule has 26 heavy (non-hydrogen) atoms. The highest BCUT2D eigenvalue weighted by atomic mass is 127. The standard InChI is InChI=1S/C19H32N4O2.HI/c1-14(2)10-12-21-17(20)22-13-11-15-6-8-16(9-7-15)23-18(24)25-19(3,4)5;/h6-9,14H,10-13H2,1-5H3,(H,23,24)(H3,20,21,22);1H. The van der Waals surface area contributed by atoms with Gasteiger partial charge in [0.25, 0.3) is 0 Å². The van der Waals surface area contributed by atoms with Crippen molar-refractivity contribution >= 4 is 41.7 Å². The van der Waals surface area contributed by atoms with E-state index in [2.05, 4.69) is 29.5 Å². The molecule has 0 aliphatic rings. The van der Waals surface area contributed by atoms with E-state index < -0.39 is 11.7 Å². The number of guanidine groups is 1. The van der Waals surface area contributed by atoms with Gasteiger partial charge in [0.05, 0.1) is 0 Å². The maximum atomic E-state index is 11.7. The van der Waals surface area contributed by atoms with Crippen LogP contribution in [-0.4, -0.2) is 30.7 Å². The van der Waals surface area contributed by atoms with Crippen molar-refractivity contribution in [1.29, 1.82) is 0 Å². The van der Waals surface area contributed by atoms with Gasteiger partial charge in [-0.05, 0) is 57.2 Å². The normalized spacial score (nSPS) is 11.7. The highest BCUT2D eigenvalue weighted by molar-refractivity contribution is 14.0. The molecule has 0 aromatic heterocycles. The number of aliphatic imine (C=N–C) groups is 1. The van der Waals surface area contributed by atoms with Crippen LogP contribution in [0.15, 0.2) is 29.3 Å². The molecule has 6 nitrogen and oxygen atoms in total. The van der Waals surface area contributed by atoms with Crippen molar-refractivity contribution in [3.8, 4) is 0 Å². The summed E-state index contributed by atoms with van der Waals surface area (Å²) in [5.74, 6) is 1.12. The van der Waals surface area contributed by atoms with E-state index in [0.717, 1.165) is 31.5 Å². The number of rotatable bonds is 7. The Labute approximate surface area is 174 Å². The quantitative estimate of drug-likeness (QED) is 0.314. The van der Waals surface area contributed by atoms with Crippen LogP contribution in [0.3, 0.4) is 0 Å². The molecule has 4 N–H and O–H groups in total. The van der Waals surface area contributed by atoms with Gasteiger partial charge in [-0.15, -0.1) is 24.0 Å². The van der Waals surface area contributed by atoms with Gasteiger partial charge in [-0.2, -0.15) is 0 Å². The van der Waals surface area contributed by atoms with Gasteiger partial charge in [0.15, 0.2) is 5.96 Å². The number of carbonyl (C=O) groups is 1. The molecule has 0 spiro atoms. The summed E-state index contributed by atoms with van der Waals surface area (Å²) in [6.07, 6.45) is 1.41. The van der Waals surface area contributed by atoms with Crippen LogP contribution < -0.4 is 16.4 Å². The van der Waals surface area contributed by atoms with Crippen molar-refractivity contribution in [2.75, 3.05) is 18.4 Å². The highest BCUT2D eigenvalue weighted by Gasteiger charge is 2.15. The average molecular weight is 476 g/mol. The molecule has 1 amide bonds. The maximum absolute atomic E-state index is 11.7. The minimum atomic E-state index is -0.508. The summed E-state index contributed by atoms with van der Waals surface area (Å²) in [6, 6.07) is 7.67. The largest absolute Gasteiger partial charge is 0.444 e. The first-order chi connectivity index (χ1) is 11.7. The Bertz CT molecular complexity index is 566. The van der Waals surface area contributed by atoms with Gasteiger partial charge in [-0.25, -0.2) is 4.79 Å². The lowest BCUT2D eigenvalue weighted by molar-refractivity contribution is 0.0636. The van der Waals surface area contributed by atoms with Gasteiger partial charge in [0.2, 0.25) is 0 Å². The number of nitrogens with two attached hydrogens (primary N) is 1. The lowest BCUT2D eigenvalue weighted by Gasteiger charge is -2.19. The molecule has 148 valence electrons. The molecule has 1 rings (SSSR count). The first-order valence-corrected chi connectivity index (χ1v) is 8.78. The summed E-state index contributed by atoms with van der Waals surface area (Å²) in [4.78, 5) is 16.0. The highest BCUT2D eigenvalue weighted by Crippen LogP contribution is 2.13. The number of halogens is 1. The van der Waals surface area contributed by atoms with Crippen molar-refractivity contribution in [2.45, 2.75) is 53.1 Å². The van der Waals surface area contributed by atoms with Gasteiger partial charge in [-0.1, -0.05) is 26.0 Å². The third-order valence-corrected chi connectivity index (χ3v) is 3.31. The molecule has 0 aliphatic carbocycles. The molecular weight excluding hydrogens is 443 g/mol. The number of nitrogens with zero attached hydrogens (tertiary/aromatic N) is 1. The summed E-state index contributed by atoms with van der Waals surface area (Å²) in [5, 5.41) is 5.83. The maximum Gasteiger partial charge on any atom is 0.412 e. The summed E-state index contributed by atoms with van der Waals surface area (Å²) in [5.41, 5.74) is 7.18. The first-order valence-electron chi connectivity index (χ1n) is 8.78. The number of ether oxygens (including phenoxy) is 1. The molecule has 0 fully saturated rings. The Kier molecular flexibility index (Phi) is 11.3. The summed E-state index contributed by atoms with van der Waals surface area (Å²) >= 11 is 0. The molecule has 0 heterocycles. The second-order valence-corrected chi connectivity index (χ2v) is 7.45. The van der Waals surface area contributed by atoms with Crippen LogP contribution in [0.2, 0.25) is 0 Å². The molecule has 0 atom stereocenters. The zero-order valence-corrected chi connectivity index (χ0v) is 18.8. The van der Waals surface area contributed by atoms with Gasteiger partial charge in [-0.3, -0.25) is 10.3 Å². The predicted octanol–water partition coefficient (Wildman–Crippen LogP) is 4.14. The molecule has 1 aromatic carbocycles. The summed E-state index contributed by atoms with van der Waals surface area (Å²) in [7, 11) is 0. The van der Waals surface area contributed by atoms with Gasteiger partial charge in [0, 0.05) is 18.8 Å². The van der Waals surface area contributed by atoms with E-state index in [0.29, 0.717) is 17.6 Å². The minimum Gasteiger partial charge on any atom is -0.444 e. The summed E-state index contributed by atoms with van der Waals surface area (Å²) in [6.45, 7) is 11.3. The van der Waals surface area contributed by atoms with Crippen molar-refractivity contribution < 1.29 is 9.53 Å². The molecular formula is C19H33IN4O2. The molecule has 0 saturated carbocycles. The molecule has 0 aliphatic heterocycles. The van der Waals surface area contributed by atoms with Crippen molar-refractivity contribution in [1.82, 2.24) is 5.32 Å². The third-order valence-electron chi connectivity index (χ3n) is 3.31. The van der Waals surface area contributed by atoms with E-state index in [1.807, 2.05) is 45.0 Å². The van der Waals surface area contributed by atoms with Crippen molar-refractivity contribution in [3.05, 3.63) is 29.8 Å². The molecule has 0 bridgehead atoms. The predicted molar refractivity (Wildman–Crippen MR) is 119 cm³/mol. The third kappa shape index (κ3) is 11.9. The number of hydrogen-bond donors (Lipinski definition) is 3. The monoisotopic (exact) mass is 476 g/mol. The van der Waals surface area contributed by atoms with Gasteiger partial charge in [0.1, 0.15) is 5.60 Å². The second kappa shape index (κ2) is 12.0. The van der Waals surface area contributed by atoms with E-state index in [9.17, 15) is 4.79 Å². The van der Waals surface area contributed by atoms with Crippen LogP contribution in [0.25, 0.3) is 0 Å². The van der Waals surface area contributed by atoms with Crippen molar-refractivity contribution in [2.24, 2.45) is 16.6 Å². The Morgan fingerprint density at radius 3 is 2.38 bits per heavy atom. The zero-order chi connectivity index (χ0) is 18.9. The first kappa shape index (κ1) is 24.5. The molecule has 1 aromatic rings. The number of carbonyl (C=O) groups excluding carboxylic acids is 1. The summed E-state index contributed by atoms with van der Waals surface area (Å²) < 4.78 is 5.22. The van der Waals surface area contributed by atoms with E-state index in [1.165, 1.54) is 0 Å². The van der Waals surface area contributed by atoms with Crippen molar-refractivity contribution in [3.63, 3.8) is 0 Å². The Balaban J connectivity index is 0.00000625. The van der Waals surface area contributed by atoms with Gasteiger partial charge < -0.3 is 15.8 Å².